The smallest absolute Gasteiger partial charge is 0.181 e. The Labute approximate surface area is 152 Å². The van der Waals surface area contributed by atoms with E-state index >= 15 is 0 Å². The van der Waals surface area contributed by atoms with Crippen molar-refractivity contribution in [2.45, 2.75) is 21.7 Å². The molecular formula is C16H12Cl2N4OS. The van der Waals surface area contributed by atoms with Crippen LogP contribution in [-0.4, -0.2) is 35.8 Å². The number of nitrogens with one attached hydrogen (secondary N) is 1. The second-order valence-electron chi connectivity index (χ2n) is 5.63. The summed E-state index contributed by atoms with van der Waals surface area (Å²) < 4.78 is -0.649. The molecule has 2 aromatic heterocycles. The Kier molecular flexibility index (Phi) is 3.98. The number of aromatic nitrogens is 4. The molecule has 0 aliphatic heterocycles. The maximum absolute atomic E-state index is 12.4. The number of carbonyl (C=O) groups excluding carboxylic acids is 1. The summed E-state index contributed by atoms with van der Waals surface area (Å²) in [6.45, 7) is 0. The third-order valence-corrected chi connectivity index (χ3v) is 5.81. The predicted octanol–water partition coefficient (Wildman–Crippen LogP) is 3.99. The van der Waals surface area contributed by atoms with Crippen molar-refractivity contribution < 1.29 is 4.79 Å². The van der Waals surface area contributed by atoms with Gasteiger partial charge in [0.15, 0.2) is 11.4 Å². The lowest BCUT2D eigenvalue weighted by Gasteiger charge is -2.04. The van der Waals surface area contributed by atoms with E-state index in [-0.39, 0.29) is 11.7 Å². The number of rotatable bonds is 5. The molecule has 1 saturated carbocycles. The molecule has 0 saturated heterocycles. The highest BCUT2D eigenvalue weighted by molar-refractivity contribution is 8.00. The summed E-state index contributed by atoms with van der Waals surface area (Å²) in [5.74, 6) is 0.494. The number of imidazole rings is 1. The van der Waals surface area contributed by atoms with Crippen LogP contribution in [0.3, 0.4) is 0 Å². The lowest BCUT2D eigenvalue weighted by molar-refractivity contribution is 0.102. The Bertz CT molecular complexity index is 910. The molecule has 8 heteroatoms. The van der Waals surface area contributed by atoms with E-state index in [0.717, 1.165) is 22.5 Å². The number of carbonyl (C=O) groups is 1. The van der Waals surface area contributed by atoms with Crippen molar-refractivity contribution in [2.75, 3.05) is 5.75 Å². The number of thioether (sulfide) groups is 1. The molecule has 1 atom stereocenters. The fourth-order valence-electron chi connectivity index (χ4n) is 2.55. The van der Waals surface area contributed by atoms with Gasteiger partial charge in [0, 0.05) is 11.5 Å². The Hall–Kier alpha value is -1.63. The lowest BCUT2D eigenvalue weighted by atomic mass is 10.1. The van der Waals surface area contributed by atoms with Crippen LogP contribution in [0.15, 0.2) is 41.9 Å². The average molecular weight is 379 g/mol. The zero-order valence-electron chi connectivity index (χ0n) is 12.4. The summed E-state index contributed by atoms with van der Waals surface area (Å²) in [6, 6.07) is 7.50. The summed E-state index contributed by atoms with van der Waals surface area (Å²) >= 11 is 13.5. The number of aromatic amines is 1. The van der Waals surface area contributed by atoms with Gasteiger partial charge in [-0.1, -0.05) is 36.0 Å². The summed E-state index contributed by atoms with van der Waals surface area (Å²) in [4.78, 5) is 27.7. The average Bonchev–Trinajstić information content (AvgIpc) is 2.99. The Morgan fingerprint density at radius 3 is 2.71 bits per heavy atom. The van der Waals surface area contributed by atoms with E-state index in [0.29, 0.717) is 17.0 Å². The van der Waals surface area contributed by atoms with Crippen LogP contribution in [0.2, 0.25) is 0 Å². The number of Topliss-reactive ketones (excluding diaryl/α,β-unsaturated/α-hetero) is 1. The van der Waals surface area contributed by atoms with E-state index in [1.807, 2.05) is 24.3 Å². The van der Waals surface area contributed by atoms with E-state index in [9.17, 15) is 4.79 Å². The van der Waals surface area contributed by atoms with Crippen molar-refractivity contribution in [3.63, 3.8) is 0 Å². The van der Waals surface area contributed by atoms with E-state index in [2.05, 4.69) is 19.9 Å². The number of benzene rings is 1. The molecule has 1 aliphatic rings. The number of halogens is 2. The molecule has 2 heterocycles. The van der Waals surface area contributed by atoms with Crippen LogP contribution in [0.25, 0.3) is 11.2 Å². The van der Waals surface area contributed by atoms with Gasteiger partial charge in [-0.25, -0.2) is 15.0 Å². The molecule has 5 nitrogen and oxygen atoms in total. The second-order valence-corrected chi connectivity index (χ2v) is 8.14. The number of hydrogen-bond acceptors (Lipinski definition) is 5. The highest BCUT2D eigenvalue weighted by Crippen LogP contribution is 2.59. The molecule has 0 spiro atoms. The van der Waals surface area contributed by atoms with Gasteiger partial charge in [0.2, 0.25) is 0 Å². The number of nitrogens with zero attached hydrogens (tertiary/aromatic N) is 3. The number of H-pyrrole nitrogens is 1. The SMILES string of the molecule is O=C(CSc1ncnc2nc[nH]c12)c1ccc([C@@H]2CC2(Cl)Cl)cc1. The molecule has 0 bridgehead atoms. The topological polar surface area (TPSA) is 71.5 Å². The van der Waals surface area contributed by atoms with Gasteiger partial charge in [-0.15, -0.1) is 23.2 Å². The normalized spacial score (nSPS) is 18.7. The van der Waals surface area contributed by atoms with Crippen LogP contribution in [0, 0.1) is 0 Å². The van der Waals surface area contributed by atoms with Gasteiger partial charge in [0.25, 0.3) is 0 Å². The summed E-state index contributed by atoms with van der Waals surface area (Å²) in [7, 11) is 0. The molecule has 122 valence electrons. The quantitative estimate of drug-likeness (QED) is 0.314. The van der Waals surface area contributed by atoms with Crippen molar-refractivity contribution >= 4 is 51.9 Å². The fourth-order valence-corrected chi connectivity index (χ4v) is 3.96. The van der Waals surface area contributed by atoms with E-state index in [4.69, 9.17) is 23.2 Å². The van der Waals surface area contributed by atoms with Crippen LogP contribution in [0.1, 0.15) is 28.3 Å². The third-order valence-electron chi connectivity index (χ3n) is 3.99. The molecule has 24 heavy (non-hydrogen) atoms. The molecule has 1 aliphatic carbocycles. The highest BCUT2D eigenvalue weighted by Gasteiger charge is 2.52. The summed E-state index contributed by atoms with van der Waals surface area (Å²) in [6.07, 6.45) is 3.77. The molecule has 1 N–H and O–H groups in total. The predicted molar refractivity (Wildman–Crippen MR) is 95.0 cm³/mol. The molecule has 0 amide bonds. The van der Waals surface area contributed by atoms with Gasteiger partial charge in [-0.3, -0.25) is 4.79 Å². The van der Waals surface area contributed by atoms with E-state index in [1.165, 1.54) is 18.1 Å². The number of alkyl halides is 2. The molecule has 0 unspecified atom stereocenters. The Morgan fingerprint density at radius 1 is 1.25 bits per heavy atom. The minimum Gasteiger partial charge on any atom is -0.341 e. The first-order valence-corrected chi connectivity index (χ1v) is 9.06. The van der Waals surface area contributed by atoms with Crippen molar-refractivity contribution in [3.05, 3.63) is 48.0 Å². The largest absolute Gasteiger partial charge is 0.341 e. The van der Waals surface area contributed by atoms with Crippen molar-refractivity contribution in [2.24, 2.45) is 0 Å². The molecule has 1 aromatic carbocycles. The van der Waals surface area contributed by atoms with Gasteiger partial charge in [0.05, 0.1) is 12.1 Å². The monoisotopic (exact) mass is 378 g/mol. The fraction of sp³-hybridized carbons (Fsp3) is 0.250. The van der Waals surface area contributed by atoms with Crippen LogP contribution in [0.4, 0.5) is 0 Å². The maximum atomic E-state index is 12.4. The summed E-state index contributed by atoms with van der Waals surface area (Å²) in [5, 5.41) is 0.717. The van der Waals surface area contributed by atoms with Crippen molar-refractivity contribution in [1.29, 1.82) is 0 Å². The molecular weight excluding hydrogens is 367 g/mol. The minimum atomic E-state index is -0.649. The number of ketones is 1. The van der Waals surface area contributed by atoms with Crippen LogP contribution in [0.5, 0.6) is 0 Å². The third kappa shape index (κ3) is 3.01. The summed E-state index contributed by atoms with van der Waals surface area (Å²) in [5.41, 5.74) is 3.08. The molecule has 4 rings (SSSR count). The number of hydrogen-bond donors (Lipinski definition) is 1. The van der Waals surface area contributed by atoms with Crippen LogP contribution < -0.4 is 0 Å². The van der Waals surface area contributed by atoms with Crippen LogP contribution >= 0.6 is 35.0 Å². The van der Waals surface area contributed by atoms with Crippen LogP contribution in [-0.2, 0) is 0 Å². The van der Waals surface area contributed by atoms with Crippen molar-refractivity contribution in [3.8, 4) is 0 Å². The van der Waals surface area contributed by atoms with Gasteiger partial charge in [0.1, 0.15) is 21.2 Å². The maximum Gasteiger partial charge on any atom is 0.181 e. The van der Waals surface area contributed by atoms with Gasteiger partial charge in [-0.2, -0.15) is 0 Å². The standard InChI is InChI=1S/C16H12Cl2N4OS/c17-16(18)5-11(16)9-1-3-10(4-2-9)12(23)6-24-15-13-14(20-7-19-13)21-8-22-15/h1-4,7-8,11H,5-6H2,(H,19,20,21,22)/t11-/m0/s1. The van der Waals surface area contributed by atoms with E-state index in [1.54, 1.807) is 6.33 Å². The Morgan fingerprint density at radius 2 is 2.00 bits per heavy atom. The molecule has 0 radical (unpaired) electrons. The number of fused-ring (bicyclic) bond motifs is 1. The second kappa shape index (κ2) is 6.02. The van der Waals surface area contributed by atoms with Crippen molar-refractivity contribution in [1.82, 2.24) is 19.9 Å². The zero-order valence-corrected chi connectivity index (χ0v) is 14.7. The first kappa shape index (κ1) is 15.9. The van der Waals surface area contributed by atoms with Gasteiger partial charge >= 0.3 is 0 Å². The highest BCUT2D eigenvalue weighted by atomic mass is 35.5. The molecule has 1 fully saturated rings. The zero-order chi connectivity index (χ0) is 16.7. The molecule has 3 aromatic rings. The van der Waals surface area contributed by atoms with E-state index < -0.39 is 4.33 Å². The first-order chi connectivity index (χ1) is 11.5. The van der Waals surface area contributed by atoms with Gasteiger partial charge < -0.3 is 4.98 Å². The van der Waals surface area contributed by atoms with Gasteiger partial charge in [-0.05, 0) is 12.0 Å². The first-order valence-electron chi connectivity index (χ1n) is 7.32. The Balaban J connectivity index is 1.44. The minimum absolute atomic E-state index is 0.0386. The lowest BCUT2D eigenvalue weighted by Crippen LogP contribution is -2.03.